The summed E-state index contributed by atoms with van der Waals surface area (Å²) in [7, 11) is 3.07. The molecule has 8 heteroatoms. The van der Waals surface area contributed by atoms with Gasteiger partial charge >= 0.3 is 6.03 Å². The molecule has 7 nitrogen and oxygen atoms in total. The molecule has 3 rings (SSSR count). The monoisotopic (exact) mass is 387 g/mol. The predicted octanol–water partition coefficient (Wildman–Crippen LogP) is 3.03. The van der Waals surface area contributed by atoms with Crippen LogP contribution in [-0.2, 0) is 4.79 Å². The molecule has 3 amide bonds. The van der Waals surface area contributed by atoms with Gasteiger partial charge in [-0.05, 0) is 36.8 Å². The zero-order chi connectivity index (χ0) is 20.3. The zero-order valence-corrected chi connectivity index (χ0v) is 16.0. The molecule has 2 aromatic rings. The van der Waals surface area contributed by atoms with Gasteiger partial charge in [0.1, 0.15) is 12.4 Å². The Labute approximate surface area is 162 Å². The molecular weight excluding hydrogens is 365 g/mol. The molecule has 0 bridgehead atoms. The van der Waals surface area contributed by atoms with Crippen LogP contribution in [0.5, 0.6) is 11.5 Å². The van der Waals surface area contributed by atoms with E-state index in [-0.39, 0.29) is 18.5 Å². The summed E-state index contributed by atoms with van der Waals surface area (Å²) in [5, 5.41) is 2.62. The number of hydrogen-bond acceptors (Lipinski definition) is 4. The number of anilines is 2. The highest BCUT2D eigenvalue weighted by molar-refractivity contribution is 5.99. The van der Waals surface area contributed by atoms with Crippen molar-refractivity contribution in [2.45, 2.75) is 6.92 Å². The number of urea groups is 1. The summed E-state index contributed by atoms with van der Waals surface area (Å²) < 4.78 is 24.1. The largest absolute Gasteiger partial charge is 0.493 e. The number of amides is 3. The summed E-state index contributed by atoms with van der Waals surface area (Å²) >= 11 is 0. The number of nitrogens with zero attached hydrogens (tertiary/aromatic N) is 2. The Morgan fingerprint density at radius 2 is 1.86 bits per heavy atom. The third-order valence-corrected chi connectivity index (χ3v) is 4.56. The molecule has 0 radical (unpaired) electrons. The average Bonchev–Trinajstić information content (AvgIpc) is 3.04. The fraction of sp³-hybridized carbons (Fsp3) is 0.300. The Bertz CT molecular complexity index is 903. The third kappa shape index (κ3) is 4.00. The molecule has 1 N–H and O–H groups in total. The first kappa shape index (κ1) is 19.5. The molecule has 1 saturated heterocycles. The van der Waals surface area contributed by atoms with Crippen LogP contribution >= 0.6 is 0 Å². The van der Waals surface area contributed by atoms with E-state index in [1.165, 1.54) is 18.1 Å². The number of benzene rings is 2. The van der Waals surface area contributed by atoms with Crippen molar-refractivity contribution in [1.82, 2.24) is 4.90 Å². The van der Waals surface area contributed by atoms with E-state index in [0.29, 0.717) is 41.5 Å². The summed E-state index contributed by atoms with van der Waals surface area (Å²) in [4.78, 5) is 28.0. The van der Waals surface area contributed by atoms with Crippen LogP contribution < -0.4 is 19.7 Å². The minimum absolute atomic E-state index is 0.113. The second kappa shape index (κ2) is 8.16. The molecule has 0 aromatic heterocycles. The van der Waals surface area contributed by atoms with Gasteiger partial charge in [0, 0.05) is 30.5 Å². The molecule has 0 atom stereocenters. The van der Waals surface area contributed by atoms with Crippen molar-refractivity contribution < 1.29 is 23.5 Å². The third-order valence-electron chi connectivity index (χ3n) is 4.56. The number of aryl methyl sites for hydroxylation is 1. The molecule has 0 aliphatic carbocycles. The van der Waals surface area contributed by atoms with E-state index in [1.807, 2.05) is 0 Å². The lowest BCUT2D eigenvalue weighted by atomic mass is 10.2. The van der Waals surface area contributed by atoms with E-state index in [4.69, 9.17) is 9.47 Å². The first-order valence-corrected chi connectivity index (χ1v) is 8.77. The van der Waals surface area contributed by atoms with Crippen molar-refractivity contribution in [3.8, 4) is 11.5 Å². The fourth-order valence-electron chi connectivity index (χ4n) is 3.01. The first-order valence-electron chi connectivity index (χ1n) is 8.77. The van der Waals surface area contributed by atoms with E-state index in [0.717, 1.165) is 0 Å². The molecule has 1 aliphatic heterocycles. The van der Waals surface area contributed by atoms with E-state index >= 15 is 0 Å². The molecule has 0 saturated carbocycles. The zero-order valence-electron chi connectivity index (χ0n) is 16.0. The van der Waals surface area contributed by atoms with Gasteiger partial charge in [-0.2, -0.15) is 0 Å². The normalized spacial score (nSPS) is 13.6. The van der Waals surface area contributed by atoms with Crippen molar-refractivity contribution in [3.05, 3.63) is 47.8 Å². The number of halogens is 1. The van der Waals surface area contributed by atoms with E-state index < -0.39 is 5.82 Å². The van der Waals surface area contributed by atoms with Gasteiger partial charge < -0.3 is 19.7 Å². The van der Waals surface area contributed by atoms with Gasteiger partial charge in [0.2, 0.25) is 5.91 Å². The van der Waals surface area contributed by atoms with Gasteiger partial charge in [-0.3, -0.25) is 9.69 Å². The van der Waals surface area contributed by atoms with Crippen molar-refractivity contribution in [2.24, 2.45) is 0 Å². The second-order valence-electron chi connectivity index (χ2n) is 6.41. The quantitative estimate of drug-likeness (QED) is 0.827. The second-order valence-corrected chi connectivity index (χ2v) is 6.41. The van der Waals surface area contributed by atoms with Gasteiger partial charge in [-0.25, -0.2) is 9.18 Å². The topological polar surface area (TPSA) is 71.1 Å². The smallest absolute Gasteiger partial charge is 0.325 e. The van der Waals surface area contributed by atoms with Gasteiger partial charge in [-0.15, -0.1) is 0 Å². The number of methoxy groups -OCH3 is 2. The van der Waals surface area contributed by atoms with Crippen LogP contribution in [0.15, 0.2) is 36.4 Å². The molecule has 148 valence electrons. The highest BCUT2D eigenvalue weighted by atomic mass is 19.1. The highest BCUT2D eigenvalue weighted by Gasteiger charge is 2.31. The summed E-state index contributed by atoms with van der Waals surface area (Å²) in [6, 6.07) is 9.39. The lowest BCUT2D eigenvalue weighted by Gasteiger charge is -2.19. The van der Waals surface area contributed by atoms with Crippen molar-refractivity contribution in [2.75, 3.05) is 44.1 Å². The number of carbonyl (C=O) groups excluding carboxylic acids is 2. The van der Waals surface area contributed by atoms with Crippen molar-refractivity contribution in [3.63, 3.8) is 0 Å². The Balaban J connectivity index is 1.65. The van der Waals surface area contributed by atoms with Crippen LogP contribution in [0.2, 0.25) is 0 Å². The first-order chi connectivity index (χ1) is 13.4. The molecule has 1 heterocycles. The van der Waals surface area contributed by atoms with E-state index in [1.54, 1.807) is 49.3 Å². The van der Waals surface area contributed by atoms with Crippen LogP contribution in [0.1, 0.15) is 5.56 Å². The molecule has 28 heavy (non-hydrogen) atoms. The molecule has 0 spiro atoms. The standard InChI is InChI=1S/C20H22FN3O4/c1-13-4-5-14(10-16(13)21)22-19(25)12-23-8-9-24(20(23)26)15-6-7-17(27-2)18(11-15)28-3/h4-7,10-11H,8-9,12H2,1-3H3,(H,22,25). The van der Waals surface area contributed by atoms with Crippen molar-refractivity contribution in [1.29, 1.82) is 0 Å². The summed E-state index contributed by atoms with van der Waals surface area (Å²) in [6.45, 7) is 2.38. The number of rotatable bonds is 6. The molecule has 1 fully saturated rings. The number of hydrogen-bond donors (Lipinski definition) is 1. The maximum Gasteiger partial charge on any atom is 0.325 e. The lowest BCUT2D eigenvalue weighted by molar-refractivity contribution is -0.116. The summed E-state index contributed by atoms with van der Waals surface area (Å²) in [6.07, 6.45) is 0. The number of nitrogens with one attached hydrogen (secondary N) is 1. The lowest BCUT2D eigenvalue weighted by Crippen LogP contribution is -2.37. The molecule has 1 aliphatic rings. The van der Waals surface area contributed by atoms with E-state index in [9.17, 15) is 14.0 Å². The molecule has 0 unspecified atom stereocenters. The Morgan fingerprint density at radius 3 is 2.54 bits per heavy atom. The van der Waals surface area contributed by atoms with Gasteiger partial charge in [-0.1, -0.05) is 6.07 Å². The fourth-order valence-corrected chi connectivity index (χ4v) is 3.01. The van der Waals surface area contributed by atoms with Crippen LogP contribution in [0.3, 0.4) is 0 Å². The Hall–Kier alpha value is -3.29. The summed E-state index contributed by atoms with van der Waals surface area (Å²) in [5.41, 5.74) is 1.51. The maximum absolute atomic E-state index is 13.6. The van der Waals surface area contributed by atoms with Crippen LogP contribution in [-0.4, -0.2) is 50.7 Å². The van der Waals surface area contributed by atoms with E-state index in [2.05, 4.69) is 5.32 Å². The SMILES string of the molecule is COc1ccc(N2CCN(CC(=O)Nc3ccc(C)c(F)c3)C2=O)cc1OC. The van der Waals surface area contributed by atoms with Gasteiger partial charge in [0.25, 0.3) is 0 Å². The number of ether oxygens (including phenoxy) is 2. The van der Waals surface area contributed by atoms with Gasteiger partial charge in [0.15, 0.2) is 11.5 Å². The minimum Gasteiger partial charge on any atom is -0.493 e. The maximum atomic E-state index is 13.6. The van der Waals surface area contributed by atoms with Crippen LogP contribution in [0.25, 0.3) is 0 Å². The number of carbonyl (C=O) groups is 2. The molecular formula is C20H22FN3O4. The van der Waals surface area contributed by atoms with Crippen LogP contribution in [0, 0.1) is 12.7 Å². The minimum atomic E-state index is -0.394. The van der Waals surface area contributed by atoms with Crippen molar-refractivity contribution >= 4 is 23.3 Å². The van der Waals surface area contributed by atoms with Crippen LogP contribution in [0.4, 0.5) is 20.6 Å². The Kier molecular flexibility index (Phi) is 5.67. The molecule has 2 aromatic carbocycles. The Morgan fingerprint density at radius 1 is 1.11 bits per heavy atom. The average molecular weight is 387 g/mol. The highest BCUT2D eigenvalue weighted by Crippen LogP contribution is 2.32. The summed E-state index contributed by atoms with van der Waals surface area (Å²) in [5.74, 6) is 0.310. The predicted molar refractivity (Wildman–Crippen MR) is 104 cm³/mol. The van der Waals surface area contributed by atoms with Gasteiger partial charge in [0.05, 0.1) is 14.2 Å².